The van der Waals surface area contributed by atoms with Crippen LogP contribution in [0.15, 0.2) is 75.4 Å². The first-order valence-electron chi connectivity index (χ1n) is 14.4. The SMILES string of the molecule is CCOc1cc([C@H]2NC(=O)NC(C)=C2C(=O)OC)ccc1OC[C@H](O)N/N=C/c1cc(Br)c(OCc2ccccc2C#N)c([N+](=O)[O-])c1. The summed E-state index contributed by atoms with van der Waals surface area (Å²) in [5.41, 5.74) is 4.58. The Bertz CT molecular complexity index is 1810. The quantitative estimate of drug-likeness (QED) is 0.0606. The predicted molar refractivity (Wildman–Crippen MR) is 175 cm³/mol. The van der Waals surface area contributed by atoms with Crippen molar-refractivity contribution in [1.29, 1.82) is 5.26 Å². The molecule has 15 nitrogen and oxygen atoms in total. The molecule has 16 heteroatoms. The zero-order chi connectivity index (χ0) is 34.8. The molecule has 0 aliphatic carbocycles. The number of nitriles is 1. The van der Waals surface area contributed by atoms with Gasteiger partial charge in [0, 0.05) is 22.9 Å². The highest BCUT2D eigenvalue weighted by atomic mass is 79.9. The molecule has 3 aromatic carbocycles. The van der Waals surface area contributed by atoms with Gasteiger partial charge >= 0.3 is 17.7 Å². The molecule has 0 fully saturated rings. The number of hydrazone groups is 1. The maximum Gasteiger partial charge on any atom is 0.337 e. The molecule has 1 aliphatic rings. The average molecular weight is 724 g/mol. The van der Waals surface area contributed by atoms with Crippen molar-refractivity contribution >= 4 is 39.8 Å². The van der Waals surface area contributed by atoms with Crippen LogP contribution in [0.1, 0.15) is 42.1 Å². The number of nitrogens with one attached hydrogen (secondary N) is 3. The number of aliphatic hydroxyl groups is 1. The van der Waals surface area contributed by atoms with E-state index in [9.17, 15) is 30.1 Å². The van der Waals surface area contributed by atoms with E-state index in [1.165, 1.54) is 19.4 Å². The molecule has 4 rings (SSSR count). The number of hydrogen-bond donors (Lipinski definition) is 4. The van der Waals surface area contributed by atoms with E-state index >= 15 is 0 Å². The molecule has 1 heterocycles. The molecule has 48 heavy (non-hydrogen) atoms. The van der Waals surface area contributed by atoms with Crippen molar-refractivity contribution in [3.8, 4) is 23.3 Å². The number of carbonyl (C=O) groups is 2. The van der Waals surface area contributed by atoms with E-state index in [1.807, 2.05) is 0 Å². The molecule has 2 amide bonds. The number of hydrogen-bond acceptors (Lipinski definition) is 12. The molecule has 0 unspecified atom stereocenters. The van der Waals surface area contributed by atoms with Crippen molar-refractivity contribution < 1.29 is 38.6 Å². The van der Waals surface area contributed by atoms with Crippen LogP contribution < -0.4 is 30.3 Å². The van der Waals surface area contributed by atoms with Gasteiger partial charge in [-0.05, 0) is 59.6 Å². The number of methoxy groups -OCH3 is 1. The van der Waals surface area contributed by atoms with Gasteiger partial charge in [-0.3, -0.25) is 15.5 Å². The van der Waals surface area contributed by atoms with Crippen LogP contribution in [0.25, 0.3) is 0 Å². The molecule has 0 spiro atoms. The lowest BCUT2D eigenvalue weighted by atomic mass is 9.95. The van der Waals surface area contributed by atoms with Crippen LogP contribution in [0, 0.1) is 21.4 Å². The first-order chi connectivity index (χ1) is 23.1. The van der Waals surface area contributed by atoms with Crippen LogP contribution in [-0.4, -0.2) is 54.8 Å². The smallest absolute Gasteiger partial charge is 0.337 e. The summed E-state index contributed by atoms with van der Waals surface area (Å²) in [6.07, 6.45) is -0.0189. The van der Waals surface area contributed by atoms with Gasteiger partial charge in [-0.25, -0.2) is 9.59 Å². The highest BCUT2D eigenvalue weighted by Crippen LogP contribution is 2.37. The molecule has 1 aliphatic heterocycles. The van der Waals surface area contributed by atoms with Gasteiger partial charge in [0.2, 0.25) is 5.75 Å². The molecule has 3 aromatic rings. The Morgan fingerprint density at radius 1 is 1.21 bits per heavy atom. The Kier molecular flexibility index (Phi) is 11.9. The van der Waals surface area contributed by atoms with Crippen molar-refractivity contribution in [3.05, 3.63) is 103 Å². The lowest BCUT2D eigenvalue weighted by Crippen LogP contribution is -2.45. The topological polar surface area (TPSA) is 207 Å². The second kappa shape index (κ2) is 16.3. The summed E-state index contributed by atoms with van der Waals surface area (Å²) in [6.45, 7) is 3.32. The number of amides is 2. The number of nitrogens with zero attached hydrogens (tertiary/aromatic N) is 3. The third kappa shape index (κ3) is 8.57. The summed E-state index contributed by atoms with van der Waals surface area (Å²) in [5, 5.41) is 40.8. The van der Waals surface area contributed by atoms with Gasteiger partial charge in [-0.2, -0.15) is 10.4 Å². The Balaban J connectivity index is 1.42. The van der Waals surface area contributed by atoms with Gasteiger partial charge in [0.25, 0.3) is 0 Å². The Labute approximate surface area is 283 Å². The van der Waals surface area contributed by atoms with Crippen molar-refractivity contribution in [2.75, 3.05) is 20.3 Å². The van der Waals surface area contributed by atoms with Crippen molar-refractivity contribution in [1.82, 2.24) is 16.1 Å². The second-order valence-electron chi connectivity index (χ2n) is 10.1. The first-order valence-corrected chi connectivity index (χ1v) is 15.2. The number of allylic oxidation sites excluding steroid dienone is 1. The fourth-order valence-electron chi connectivity index (χ4n) is 4.68. The molecule has 0 bridgehead atoms. The molecule has 4 N–H and O–H groups in total. The summed E-state index contributed by atoms with van der Waals surface area (Å²) in [4.78, 5) is 35.8. The Morgan fingerprint density at radius 3 is 2.69 bits per heavy atom. The normalized spacial score (nSPS) is 14.8. The van der Waals surface area contributed by atoms with Crippen LogP contribution in [0.3, 0.4) is 0 Å². The largest absolute Gasteiger partial charge is 0.490 e. The number of carbonyl (C=O) groups excluding carboxylic acids is 2. The number of urea groups is 1. The Morgan fingerprint density at radius 2 is 1.98 bits per heavy atom. The number of aliphatic hydroxyl groups excluding tert-OH is 1. The summed E-state index contributed by atoms with van der Waals surface area (Å²) in [5.74, 6) is -0.0467. The summed E-state index contributed by atoms with van der Waals surface area (Å²) in [7, 11) is 1.25. The van der Waals surface area contributed by atoms with E-state index in [0.29, 0.717) is 33.7 Å². The average Bonchev–Trinajstić information content (AvgIpc) is 3.06. The Hall–Kier alpha value is -5.66. The summed E-state index contributed by atoms with van der Waals surface area (Å²) in [6, 6.07) is 15.2. The predicted octanol–water partition coefficient (Wildman–Crippen LogP) is 4.33. The van der Waals surface area contributed by atoms with E-state index in [0.717, 1.165) is 0 Å². The fourth-order valence-corrected chi connectivity index (χ4v) is 5.26. The van der Waals surface area contributed by atoms with Crippen LogP contribution in [0.4, 0.5) is 10.5 Å². The molecule has 0 radical (unpaired) electrons. The highest BCUT2D eigenvalue weighted by molar-refractivity contribution is 9.10. The number of nitro benzene ring substituents is 1. The third-order valence-corrected chi connectivity index (χ3v) is 7.45. The van der Waals surface area contributed by atoms with Gasteiger partial charge in [0.1, 0.15) is 13.2 Å². The van der Waals surface area contributed by atoms with Gasteiger partial charge in [0.05, 0.1) is 52.6 Å². The van der Waals surface area contributed by atoms with Gasteiger partial charge in [-0.15, -0.1) is 0 Å². The number of ether oxygens (including phenoxy) is 4. The van der Waals surface area contributed by atoms with Crippen molar-refractivity contribution in [2.24, 2.45) is 5.10 Å². The van der Waals surface area contributed by atoms with Crippen molar-refractivity contribution in [2.45, 2.75) is 32.7 Å². The monoisotopic (exact) mass is 722 g/mol. The van der Waals surface area contributed by atoms with Crippen LogP contribution >= 0.6 is 15.9 Å². The van der Waals surface area contributed by atoms with Crippen LogP contribution in [0.5, 0.6) is 17.2 Å². The lowest BCUT2D eigenvalue weighted by Gasteiger charge is -2.28. The van der Waals surface area contributed by atoms with E-state index in [4.69, 9.17) is 18.9 Å². The molecule has 0 saturated carbocycles. The molecule has 250 valence electrons. The van der Waals surface area contributed by atoms with Gasteiger partial charge in [0.15, 0.2) is 17.7 Å². The number of esters is 1. The highest BCUT2D eigenvalue weighted by Gasteiger charge is 2.32. The maximum absolute atomic E-state index is 12.5. The molecule has 0 saturated heterocycles. The molecule has 0 aromatic heterocycles. The van der Waals surface area contributed by atoms with E-state index < -0.39 is 29.2 Å². The van der Waals surface area contributed by atoms with Gasteiger partial charge < -0.3 is 34.7 Å². The number of halogens is 1. The second-order valence-corrected chi connectivity index (χ2v) is 10.9. The van der Waals surface area contributed by atoms with Crippen LogP contribution in [-0.2, 0) is 16.1 Å². The first kappa shape index (κ1) is 35.2. The summed E-state index contributed by atoms with van der Waals surface area (Å²) < 4.78 is 22.4. The standard InChI is InChI=1S/C32H31BrN6O9/c1-4-46-26-13-20(29-28(31(41)45-3)18(2)36-32(42)37-29)9-10-25(26)47-17-27(40)38-35-15-19-11-23(33)30(24(12-19)39(43)44)48-16-22-8-6-5-7-21(22)14-34/h5-13,15,27,29,38,40H,4,16-17H2,1-3H3,(H2,36,37,42)/b35-15+/t27-,29+/m0/s1. The van der Waals surface area contributed by atoms with Gasteiger partial charge in [-0.1, -0.05) is 24.3 Å². The molecular formula is C32H31BrN6O9. The lowest BCUT2D eigenvalue weighted by molar-refractivity contribution is -0.386. The number of nitro groups is 1. The van der Waals surface area contributed by atoms with E-state index in [2.05, 4.69) is 43.2 Å². The zero-order valence-corrected chi connectivity index (χ0v) is 27.6. The minimum atomic E-state index is -1.29. The fraction of sp³-hybridized carbons (Fsp3) is 0.250. The minimum absolute atomic E-state index is 0.0161. The number of rotatable bonds is 14. The van der Waals surface area contributed by atoms with E-state index in [-0.39, 0.29) is 47.1 Å². The maximum atomic E-state index is 12.5. The molecule has 2 atom stereocenters. The van der Waals surface area contributed by atoms with Crippen LogP contribution in [0.2, 0.25) is 0 Å². The zero-order valence-electron chi connectivity index (χ0n) is 26.0. The minimum Gasteiger partial charge on any atom is -0.490 e. The molecular weight excluding hydrogens is 692 g/mol. The summed E-state index contributed by atoms with van der Waals surface area (Å²) >= 11 is 3.31. The van der Waals surface area contributed by atoms with Crippen molar-refractivity contribution in [3.63, 3.8) is 0 Å². The third-order valence-electron chi connectivity index (χ3n) is 6.86. The van der Waals surface area contributed by atoms with E-state index in [1.54, 1.807) is 62.4 Å². The number of benzene rings is 3.